The van der Waals surface area contributed by atoms with Crippen LogP contribution in [0.3, 0.4) is 0 Å². The van der Waals surface area contributed by atoms with Crippen molar-refractivity contribution in [3.63, 3.8) is 0 Å². The lowest BCUT2D eigenvalue weighted by atomic mass is 9.96. The molecule has 2 heterocycles. The summed E-state index contributed by atoms with van der Waals surface area (Å²) in [4.78, 5) is 22.5. The van der Waals surface area contributed by atoms with Crippen molar-refractivity contribution in [1.82, 2.24) is 15.3 Å². The van der Waals surface area contributed by atoms with Crippen molar-refractivity contribution in [3.8, 4) is 22.4 Å². The van der Waals surface area contributed by atoms with Crippen LogP contribution in [0, 0.1) is 0 Å². The van der Waals surface area contributed by atoms with E-state index >= 15 is 0 Å². The maximum atomic E-state index is 13.1. The van der Waals surface area contributed by atoms with E-state index < -0.39 is 0 Å². The molecular weight excluding hydrogens is 446 g/mol. The van der Waals surface area contributed by atoms with Crippen LogP contribution in [-0.4, -0.2) is 29.0 Å². The average Bonchev–Trinajstić information content (AvgIpc) is 2.95. The predicted octanol–water partition coefficient (Wildman–Crippen LogP) is 4.55. The summed E-state index contributed by atoms with van der Waals surface area (Å²) >= 11 is 0. The average molecular weight is 475 g/mol. The van der Waals surface area contributed by atoms with E-state index in [2.05, 4.69) is 57.7 Å². The van der Waals surface area contributed by atoms with E-state index in [-0.39, 0.29) is 5.91 Å². The molecule has 0 aliphatic heterocycles. The van der Waals surface area contributed by atoms with Gasteiger partial charge >= 0.3 is 0 Å². The molecule has 3 aromatic carbocycles. The minimum atomic E-state index is -0.219. The molecule has 0 unspecified atom stereocenters. The first kappa shape index (κ1) is 23.2. The fourth-order valence-corrected chi connectivity index (χ4v) is 4.19. The van der Waals surface area contributed by atoms with Crippen molar-refractivity contribution in [2.75, 3.05) is 18.4 Å². The fourth-order valence-electron chi connectivity index (χ4n) is 4.19. The Balaban J connectivity index is 1.48. The number of carbonyl (C=O) groups is 1. The molecule has 6 nitrogen and oxygen atoms in total. The summed E-state index contributed by atoms with van der Waals surface area (Å²) in [5.41, 5.74) is 11.1. The van der Waals surface area contributed by atoms with E-state index in [9.17, 15) is 4.79 Å². The molecular formula is C30H28N5O+. The van der Waals surface area contributed by atoms with E-state index in [1.54, 1.807) is 6.20 Å². The number of carbonyl (C=O) groups excluding carboxylic acids is 1. The normalized spacial score (nSPS) is 10.8. The number of nitrogens with one attached hydrogen (secondary N) is 2. The van der Waals surface area contributed by atoms with Crippen LogP contribution in [0.4, 0.5) is 5.69 Å². The second kappa shape index (κ2) is 10.8. The maximum Gasteiger partial charge on any atom is 0.270 e. The van der Waals surface area contributed by atoms with Gasteiger partial charge in [0.1, 0.15) is 5.69 Å². The number of hydrogen-bond donors (Lipinski definition) is 3. The zero-order chi connectivity index (χ0) is 24.7. The van der Waals surface area contributed by atoms with Gasteiger partial charge in [-0.3, -0.25) is 9.78 Å². The molecule has 5 aromatic rings. The maximum absolute atomic E-state index is 13.1. The summed E-state index contributed by atoms with van der Waals surface area (Å²) in [5, 5.41) is 7.01. The van der Waals surface area contributed by atoms with Gasteiger partial charge in [-0.05, 0) is 29.8 Å². The first-order chi connectivity index (χ1) is 17.7. The lowest BCUT2D eigenvalue weighted by Crippen LogP contribution is -2.47. The largest absolute Gasteiger partial charge is 0.383 e. The number of fused-ring (bicyclic) bond motifs is 1. The van der Waals surface area contributed by atoms with Crippen LogP contribution in [-0.2, 0) is 6.54 Å². The lowest BCUT2D eigenvalue weighted by Gasteiger charge is -2.14. The van der Waals surface area contributed by atoms with Gasteiger partial charge in [0.05, 0.1) is 17.8 Å². The zero-order valence-electron chi connectivity index (χ0n) is 19.9. The van der Waals surface area contributed by atoms with Crippen LogP contribution in [0.5, 0.6) is 0 Å². The number of quaternary nitrogens is 1. The Morgan fingerprint density at radius 2 is 1.53 bits per heavy atom. The highest BCUT2D eigenvalue weighted by Crippen LogP contribution is 2.34. The Bertz CT molecular complexity index is 1470. The van der Waals surface area contributed by atoms with Crippen molar-refractivity contribution in [2.45, 2.75) is 6.54 Å². The van der Waals surface area contributed by atoms with Crippen LogP contribution in [0.15, 0.2) is 103 Å². The minimum absolute atomic E-state index is 0.219. The van der Waals surface area contributed by atoms with E-state index in [1.807, 2.05) is 60.7 Å². The van der Waals surface area contributed by atoms with E-state index in [1.165, 1.54) is 5.56 Å². The van der Waals surface area contributed by atoms with Crippen molar-refractivity contribution < 1.29 is 10.5 Å². The smallest absolute Gasteiger partial charge is 0.270 e. The summed E-state index contributed by atoms with van der Waals surface area (Å²) in [5.74, 6) is -0.219. The summed E-state index contributed by atoms with van der Waals surface area (Å²) in [6, 6.07) is 32.2. The van der Waals surface area contributed by atoms with E-state index in [0.717, 1.165) is 45.5 Å². The Kier molecular flexibility index (Phi) is 6.96. The topological polar surface area (TPSA) is 94.6 Å². The number of rotatable bonds is 8. The Morgan fingerprint density at radius 1 is 0.806 bits per heavy atom. The molecule has 0 aliphatic rings. The van der Waals surface area contributed by atoms with Gasteiger partial charge in [-0.2, -0.15) is 0 Å². The number of hydrogen-bond acceptors (Lipinski definition) is 4. The van der Waals surface area contributed by atoms with Crippen LogP contribution >= 0.6 is 0 Å². The predicted molar refractivity (Wildman–Crippen MR) is 144 cm³/mol. The zero-order valence-corrected chi connectivity index (χ0v) is 19.9. The minimum Gasteiger partial charge on any atom is -0.383 e. The van der Waals surface area contributed by atoms with Gasteiger partial charge in [-0.15, -0.1) is 0 Å². The van der Waals surface area contributed by atoms with Gasteiger partial charge in [0.25, 0.3) is 5.91 Å². The molecule has 0 saturated carbocycles. The Hall–Kier alpha value is -4.55. The molecule has 178 valence electrons. The molecule has 1 amide bonds. The highest BCUT2D eigenvalue weighted by atomic mass is 16.1. The summed E-state index contributed by atoms with van der Waals surface area (Å²) < 4.78 is 0. The molecule has 0 fully saturated rings. The van der Waals surface area contributed by atoms with Gasteiger partial charge in [-0.1, -0.05) is 72.8 Å². The number of amides is 1. The van der Waals surface area contributed by atoms with Gasteiger partial charge in [0.2, 0.25) is 0 Å². The van der Waals surface area contributed by atoms with Crippen molar-refractivity contribution in [2.24, 2.45) is 0 Å². The number of para-hydroxylation sites is 1. The number of benzene rings is 3. The quantitative estimate of drug-likeness (QED) is 0.288. The van der Waals surface area contributed by atoms with Crippen LogP contribution in [0.25, 0.3) is 33.3 Å². The van der Waals surface area contributed by atoms with E-state index in [0.29, 0.717) is 18.8 Å². The molecule has 0 saturated heterocycles. The molecule has 5 N–H and O–H groups in total. The van der Waals surface area contributed by atoms with E-state index in [4.69, 9.17) is 4.98 Å². The second-order valence-corrected chi connectivity index (χ2v) is 8.47. The van der Waals surface area contributed by atoms with Crippen LogP contribution in [0.2, 0.25) is 0 Å². The van der Waals surface area contributed by atoms with Crippen molar-refractivity contribution in [1.29, 1.82) is 0 Å². The number of nitrogens with zero attached hydrogens (tertiary/aromatic N) is 2. The van der Waals surface area contributed by atoms with Crippen molar-refractivity contribution in [3.05, 3.63) is 115 Å². The molecule has 0 atom stereocenters. The van der Waals surface area contributed by atoms with Gasteiger partial charge in [0.15, 0.2) is 0 Å². The van der Waals surface area contributed by atoms with Gasteiger partial charge in [0, 0.05) is 47.1 Å². The summed E-state index contributed by atoms with van der Waals surface area (Å²) in [7, 11) is 0. The third kappa shape index (κ3) is 5.09. The molecule has 5 rings (SSSR count). The van der Waals surface area contributed by atoms with Gasteiger partial charge < -0.3 is 16.4 Å². The molecule has 36 heavy (non-hydrogen) atoms. The molecule has 0 aliphatic carbocycles. The molecule has 0 spiro atoms. The molecule has 0 radical (unpaired) electrons. The van der Waals surface area contributed by atoms with Crippen LogP contribution < -0.4 is 16.4 Å². The monoisotopic (exact) mass is 474 g/mol. The fraction of sp³-hybridized carbons (Fsp3) is 0.100. The lowest BCUT2D eigenvalue weighted by molar-refractivity contribution is -0.386. The highest BCUT2D eigenvalue weighted by Gasteiger charge is 2.17. The second-order valence-electron chi connectivity index (χ2n) is 8.47. The highest BCUT2D eigenvalue weighted by molar-refractivity contribution is 6.06. The number of pyridine rings is 2. The van der Waals surface area contributed by atoms with Crippen LogP contribution in [0.1, 0.15) is 16.1 Å². The molecule has 2 aromatic heterocycles. The Morgan fingerprint density at radius 3 is 2.25 bits per heavy atom. The number of aromatic nitrogens is 2. The third-order valence-corrected chi connectivity index (χ3v) is 6.07. The summed E-state index contributed by atoms with van der Waals surface area (Å²) in [6.07, 6.45) is 1.64. The number of anilines is 1. The molecule has 6 heteroatoms. The standard InChI is InChI=1S/C30H27N5O/c31-20-21-11-13-23(14-12-21)28-25(22-7-3-1-4-8-22)19-26-27(35-28)15-16-33-29(26)30(36)34-18-17-32-24-9-5-2-6-10-24/h1-16,19,32H,17-18,20,31H2,(H,34,36)/p+1. The SMILES string of the molecule is [NH3+]Cc1ccc(-c2nc3ccnc(C(=O)NCCNc4ccccc4)c3cc2-c2ccccc2)cc1. The third-order valence-electron chi connectivity index (χ3n) is 6.07. The molecule has 0 bridgehead atoms. The van der Waals surface area contributed by atoms with Crippen molar-refractivity contribution >= 4 is 22.5 Å². The summed E-state index contributed by atoms with van der Waals surface area (Å²) in [6.45, 7) is 1.82. The first-order valence-electron chi connectivity index (χ1n) is 12.0. The first-order valence-corrected chi connectivity index (χ1v) is 12.0. The Labute approximate surface area is 210 Å². The van der Waals surface area contributed by atoms with Gasteiger partial charge in [-0.25, -0.2) is 4.98 Å².